The van der Waals surface area contributed by atoms with Crippen molar-refractivity contribution in [2.24, 2.45) is 5.92 Å². The molecule has 1 amide bonds. The summed E-state index contributed by atoms with van der Waals surface area (Å²) in [6.45, 7) is 2.04. The van der Waals surface area contributed by atoms with Crippen LogP contribution in [-0.4, -0.2) is 19.0 Å². The van der Waals surface area contributed by atoms with Crippen LogP contribution in [0.25, 0.3) is 0 Å². The number of nitrogens with one attached hydrogen (secondary N) is 2. The van der Waals surface area contributed by atoms with E-state index in [1.54, 1.807) is 11.3 Å². The van der Waals surface area contributed by atoms with E-state index in [-0.39, 0.29) is 18.3 Å². The van der Waals surface area contributed by atoms with Crippen LogP contribution in [0.4, 0.5) is 5.69 Å². The Morgan fingerprint density at radius 3 is 3.13 bits per heavy atom. The van der Waals surface area contributed by atoms with Gasteiger partial charge in [-0.2, -0.15) is 11.3 Å². The van der Waals surface area contributed by atoms with Crippen molar-refractivity contribution < 1.29 is 4.79 Å². The zero-order valence-electron chi connectivity index (χ0n) is 8.36. The molecule has 0 radical (unpaired) electrons. The van der Waals surface area contributed by atoms with E-state index in [1.807, 2.05) is 16.8 Å². The molecule has 2 heterocycles. The quantitative estimate of drug-likeness (QED) is 0.858. The van der Waals surface area contributed by atoms with Crippen LogP contribution in [0, 0.1) is 5.92 Å². The van der Waals surface area contributed by atoms with Crippen LogP contribution < -0.4 is 10.6 Å². The fourth-order valence-corrected chi connectivity index (χ4v) is 2.29. The molecule has 15 heavy (non-hydrogen) atoms. The Morgan fingerprint density at radius 1 is 1.67 bits per heavy atom. The molecule has 1 fully saturated rings. The van der Waals surface area contributed by atoms with Gasteiger partial charge in [-0.15, -0.1) is 12.4 Å². The summed E-state index contributed by atoms with van der Waals surface area (Å²) in [5, 5.41) is 10.1. The second-order valence-electron chi connectivity index (χ2n) is 3.62. The standard InChI is InChI=1S/C10H14N2OS.ClH/c13-10(5-8-1-3-11-6-8)12-9-2-4-14-7-9;/h2,4,7-8,11H,1,3,5-6H2,(H,12,13);1H/t8-;/m0./s1. The topological polar surface area (TPSA) is 41.1 Å². The highest BCUT2D eigenvalue weighted by molar-refractivity contribution is 7.08. The molecular weight excluding hydrogens is 232 g/mol. The molecule has 1 atom stereocenters. The number of rotatable bonds is 3. The minimum atomic E-state index is 0. The molecule has 0 unspecified atom stereocenters. The predicted octanol–water partition coefficient (Wildman–Crippen LogP) is 2.11. The number of carbonyl (C=O) groups is 1. The van der Waals surface area contributed by atoms with E-state index in [1.165, 1.54) is 0 Å². The highest BCUT2D eigenvalue weighted by atomic mass is 35.5. The highest BCUT2D eigenvalue weighted by Gasteiger charge is 2.17. The van der Waals surface area contributed by atoms with Crippen molar-refractivity contribution in [1.82, 2.24) is 5.32 Å². The molecule has 1 aliphatic rings. The molecule has 2 N–H and O–H groups in total. The van der Waals surface area contributed by atoms with Crippen molar-refractivity contribution in [3.63, 3.8) is 0 Å². The monoisotopic (exact) mass is 246 g/mol. The van der Waals surface area contributed by atoms with Gasteiger partial charge in [-0.1, -0.05) is 0 Å². The Morgan fingerprint density at radius 2 is 2.53 bits per heavy atom. The third-order valence-electron chi connectivity index (χ3n) is 2.44. The Bertz CT molecular complexity index is 296. The van der Waals surface area contributed by atoms with Gasteiger partial charge in [0.05, 0.1) is 5.69 Å². The summed E-state index contributed by atoms with van der Waals surface area (Å²) >= 11 is 1.60. The van der Waals surface area contributed by atoms with Gasteiger partial charge in [0.2, 0.25) is 5.91 Å². The first-order valence-electron chi connectivity index (χ1n) is 4.87. The van der Waals surface area contributed by atoms with Crippen molar-refractivity contribution >= 4 is 35.3 Å². The second-order valence-corrected chi connectivity index (χ2v) is 4.40. The number of amides is 1. The van der Waals surface area contributed by atoms with Crippen molar-refractivity contribution in [3.05, 3.63) is 16.8 Å². The molecular formula is C10H15ClN2OS. The molecule has 2 rings (SSSR count). The van der Waals surface area contributed by atoms with Gasteiger partial charge >= 0.3 is 0 Å². The van der Waals surface area contributed by atoms with Crippen LogP contribution in [-0.2, 0) is 4.79 Å². The second kappa shape index (κ2) is 6.10. The molecule has 0 aliphatic carbocycles. The average molecular weight is 247 g/mol. The molecule has 1 aliphatic heterocycles. The molecule has 3 nitrogen and oxygen atoms in total. The lowest BCUT2D eigenvalue weighted by Gasteiger charge is -2.07. The van der Waals surface area contributed by atoms with Gasteiger partial charge < -0.3 is 10.6 Å². The maximum atomic E-state index is 11.5. The SMILES string of the molecule is Cl.O=C(C[C@@H]1CCNC1)Nc1ccsc1. The Hall–Kier alpha value is -0.580. The smallest absolute Gasteiger partial charge is 0.224 e. The van der Waals surface area contributed by atoms with E-state index in [2.05, 4.69) is 10.6 Å². The molecule has 1 aromatic rings. The van der Waals surface area contributed by atoms with Gasteiger partial charge in [-0.3, -0.25) is 4.79 Å². The van der Waals surface area contributed by atoms with Gasteiger partial charge in [0.15, 0.2) is 0 Å². The lowest BCUT2D eigenvalue weighted by molar-refractivity contribution is -0.116. The van der Waals surface area contributed by atoms with Crippen molar-refractivity contribution in [2.75, 3.05) is 18.4 Å². The molecule has 5 heteroatoms. The first kappa shape index (κ1) is 12.5. The fraction of sp³-hybridized carbons (Fsp3) is 0.500. The largest absolute Gasteiger partial charge is 0.325 e. The number of hydrogen-bond acceptors (Lipinski definition) is 3. The lowest BCUT2D eigenvalue weighted by atomic mass is 10.0. The summed E-state index contributed by atoms with van der Waals surface area (Å²) in [6.07, 6.45) is 1.76. The van der Waals surface area contributed by atoms with Crippen LogP contribution in [0.15, 0.2) is 16.8 Å². The first-order valence-corrected chi connectivity index (χ1v) is 5.81. The van der Waals surface area contributed by atoms with Crippen LogP contribution in [0.2, 0.25) is 0 Å². The normalized spacial score (nSPS) is 19.6. The Kier molecular flexibility index (Phi) is 5.08. The Labute approximate surface area is 99.7 Å². The zero-order chi connectivity index (χ0) is 9.80. The number of halogens is 1. The molecule has 0 saturated carbocycles. The summed E-state index contributed by atoms with van der Waals surface area (Å²) < 4.78 is 0. The highest BCUT2D eigenvalue weighted by Crippen LogP contribution is 2.15. The van der Waals surface area contributed by atoms with E-state index in [0.29, 0.717) is 12.3 Å². The summed E-state index contributed by atoms with van der Waals surface area (Å²) in [4.78, 5) is 11.5. The minimum absolute atomic E-state index is 0. The van der Waals surface area contributed by atoms with E-state index >= 15 is 0 Å². The molecule has 1 aromatic heterocycles. The van der Waals surface area contributed by atoms with Gasteiger partial charge in [-0.05, 0) is 36.9 Å². The van der Waals surface area contributed by atoms with Gasteiger partial charge in [-0.25, -0.2) is 0 Å². The van der Waals surface area contributed by atoms with Crippen molar-refractivity contribution in [3.8, 4) is 0 Å². The number of thiophene rings is 1. The minimum Gasteiger partial charge on any atom is -0.325 e. The number of hydrogen-bond donors (Lipinski definition) is 2. The zero-order valence-corrected chi connectivity index (χ0v) is 10.00. The first-order chi connectivity index (χ1) is 6.84. The third kappa shape index (κ3) is 3.81. The van der Waals surface area contributed by atoms with Crippen LogP contribution in [0.5, 0.6) is 0 Å². The van der Waals surface area contributed by atoms with Gasteiger partial charge in [0, 0.05) is 11.8 Å². The predicted molar refractivity (Wildman–Crippen MR) is 65.8 cm³/mol. The van der Waals surface area contributed by atoms with E-state index in [4.69, 9.17) is 0 Å². The fourth-order valence-electron chi connectivity index (χ4n) is 1.70. The summed E-state index contributed by atoms with van der Waals surface area (Å²) in [5.74, 6) is 0.658. The van der Waals surface area contributed by atoms with Crippen LogP contribution in [0.3, 0.4) is 0 Å². The van der Waals surface area contributed by atoms with Gasteiger partial charge in [0.1, 0.15) is 0 Å². The summed E-state index contributed by atoms with van der Waals surface area (Å²) in [7, 11) is 0. The average Bonchev–Trinajstić information content (AvgIpc) is 2.76. The van der Waals surface area contributed by atoms with E-state index in [0.717, 1.165) is 25.2 Å². The van der Waals surface area contributed by atoms with Crippen molar-refractivity contribution in [1.29, 1.82) is 0 Å². The maximum Gasteiger partial charge on any atom is 0.224 e. The Balaban J connectivity index is 0.00000112. The molecule has 0 aromatic carbocycles. The summed E-state index contributed by atoms with van der Waals surface area (Å²) in [5.41, 5.74) is 0.922. The van der Waals surface area contributed by atoms with Crippen LogP contribution in [0.1, 0.15) is 12.8 Å². The van der Waals surface area contributed by atoms with E-state index < -0.39 is 0 Å². The van der Waals surface area contributed by atoms with Gasteiger partial charge in [0.25, 0.3) is 0 Å². The molecule has 84 valence electrons. The number of anilines is 1. The number of carbonyl (C=O) groups excluding carboxylic acids is 1. The third-order valence-corrected chi connectivity index (χ3v) is 3.12. The van der Waals surface area contributed by atoms with Crippen molar-refractivity contribution in [2.45, 2.75) is 12.8 Å². The summed E-state index contributed by atoms with van der Waals surface area (Å²) in [6, 6.07) is 1.93. The van der Waals surface area contributed by atoms with Crippen LogP contribution >= 0.6 is 23.7 Å². The molecule has 0 spiro atoms. The van der Waals surface area contributed by atoms with E-state index in [9.17, 15) is 4.79 Å². The molecule has 1 saturated heterocycles. The lowest BCUT2D eigenvalue weighted by Crippen LogP contribution is -2.17. The maximum absolute atomic E-state index is 11.5. The molecule has 0 bridgehead atoms.